The maximum atomic E-state index is 13.0. The zero-order valence-electron chi connectivity index (χ0n) is 18.7. The predicted molar refractivity (Wildman–Crippen MR) is 116 cm³/mol. The average molecular weight is 440 g/mol. The van der Waals surface area contributed by atoms with Gasteiger partial charge >= 0.3 is 0 Å². The molecule has 1 aromatic rings. The second kappa shape index (κ2) is 8.86. The molecule has 4 heterocycles. The van der Waals surface area contributed by atoms with Gasteiger partial charge in [-0.05, 0) is 46.5 Å². The Morgan fingerprint density at radius 2 is 1.87 bits per heavy atom. The minimum absolute atomic E-state index is 0.169. The smallest absolute Gasteiger partial charge is 0.246 e. The lowest BCUT2D eigenvalue weighted by molar-refractivity contribution is -0.130. The molecule has 1 aromatic heterocycles. The van der Waals surface area contributed by atoms with Crippen LogP contribution in [0.15, 0.2) is 17.3 Å². The molecule has 3 saturated heterocycles. The van der Waals surface area contributed by atoms with Gasteiger partial charge in [-0.2, -0.15) is 9.40 Å². The molecule has 0 aliphatic carbocycles. The minimum atomic E-state index is -3.48. The Morgan fingerprint density at radius 3 is 2.47 bits per heavy atom. The monoisotopic (exact) mass is 439 g/mol. The van der Waals surface area contributed by atoms with E-state index in [1.54, 1.807) is 15.2 Å². The largest absolute Gasteiger partial charge is 0.375 e. The molecule has 3 fully saturated rings. The first-order chi connectivity index (χ1) is 14.3. The van der Waals surface area contributed by atoms with E-state index >= 15 is 0 Å². The van der Waals surface area contributed by atoms with Crippen molar-refractivity contribution < 1.29 is 13.2 Å². The number of hydrogen-bond acceptors (Lipinski definition) is 6. The fourth-order valence-corrected chi connectivity index (χ4v) is 6.61. The number of piperidine rings is 1. The summed E-state index contributed by atoms with van der Waals surface area (Å²) in [5, 5.41) is 4.13. The van der Waals surface area contributed by atoms with Crippen LogP contribution in [0.3, 0.4) is 0 Å². The first-order valence-electron chi connectivity index (χ1n) is 11.5. The van der Waals surface area contributed by atoms with Crippen LogP contribution in [0, 0.1) is 0 Å². The Bertz CT molecular complexity index is 808. The number of rotatable bonds is 5. The van der Waals surface area contributed by atoms with Crippen LogP contribution in [-0.4, -0.2) is 95.9 Å². The van der Waals surface area contributed by atoms with Gasteiger partial charge in [-0.3, -0.25) is 14.5 Å². The van der Waals surface area contributed by atoms with Crippen molar-refractivity contribution in [2.75, 3.05) is 45.9 Å². The number of aryl methyl sites for hydroxylation is 1. The summed E-state index contributed by atoms with van der Waals surface area (Å²) in [4.78, 5) is 5.49. The second-order valence-corrected chi connectivity index (χ2v) is 11.2. The Morgan fingerprint density at radius 1 is 1.17 bits per heavy atom. The van der Waals surface area contributed by atoms with Crippen molar-refractivity contribution in [3.05, 3.63) is 12.4 Å². The molecule has 4 rings (SSSR count). The normalized spacial score (nSPS) is 27.1. The summed E-state index contributed by atoms with van der Waals surface area (Å²) < 4.78 is 35.6. The average Bonchev–Trinajstić information content (AvgIpc) is 3.24. The summed E-state index contributed by atoms with van der Waals surface area (Å²) >= 11 is 0. The molecule has 0 aromatic carbocycles. The molecule has 0 unspecified atom stereocenters. The highest BCUT2D eigenvalue weighted by molar-refractivity contribution is 7.89. The molecule has 30 heavy (non-hydrogen) atoms. The number of sulfonamides is 1. The van der Waals surface area contributed by atoms with Gasteiger partial charge in [0.25, 0.3) is 0 Å². The van der Waals surface area contributed by atoms with E-state index < -0.39 is 10.0 Å². The van der Waals surface area contributed by atoms with E-state index in [-0.39, 0.29) is 5.60 Å². The van der Waals surface area contributed by atoms with Crippen molar-refractivity contribution in [3.8, 4) is 0 Å². The molecule has 0 saturated carbocycles. The fourth-order valence-electron chi connectivity index (χ4n) is 5.21. The van der Waals surface area contributed by atoms with Gasteiger partial charge in [0.05, 0.1) is 11.8 Å². The quantitative estimate of drug-likeness (QED) is 0.695. The van der Waals surface area contributed by atoms with Crippen molar-refractivity contribution in [1.29, 1.82) is 0 Å². The molecular formula is C21H37N5O3S. The van der Waals surface area contributed by atoms with Crippen molar-refractivity contribution in [2.24, 2.45) is 0 Å². The number of piperazine rings is 1. The number of hydrogen-bond donors (Lipinski definition) is 0. The molecule has 0 radical (unpaired) electrons. The predicted octanol–water partition coefficient (Wildman–Crippen LogP) is 1.63. The van der Waals surface area contributed by atoms with Gasteiger partial charge in [0.15, 0.2) is 0 Å². The van der Waals surface area contributed by atoms with Crippen molar-refractivity contribution in [2.45, 2.75) is 75.6 Å². The number of nitrogens with zero attached hydrogens (tertiary/aromatic N) is 5. The van der Waals surface area contributed by atoms with E-state index in [0.717, 1.165) is 58.5 Å². The van der Waals surface area contributed by atoms with Crippen LogP contribution in [0.25, 0.3) is 0 Å². The van der Waals surface area contributed by atoms with Crippen LogP contribution >= 0.6 is 0 Å². The number of ether oxygens (including phenoxy) is 1. The Balaban J connectivity index is 1.35. The zero-order valence-corrected chi connectivity index (χ0v) is 19.5. The van der Waals surface area contributed by atoms with E-state index in [4.69, 9.17) is 4.74 Å². The van der Waals surface area contributed by atoms with Crippen molar-refractivity contribution >= 4 is 10.0 Å². The maximum Gasteiger partial charge on any atom is 0.246 e. The lowest BCUT2D eigenvalue weighted by Crippen LogP contribution is -2.58. The van der Waals surface area contributed by atoms with Gasteiger partial charge in [-0.15, -0.1) is 0 Å². The molecule has 1 atom stereocenters. The van der Waals surface area contributed by atoms with Crippen LogP contribution in [0.5, 0.6) is 0 Å². The van der Waals surface area contributed by atoms with Gasteiger partial charge in [0.2, 0.25) is 10.0 Å². The summed E-state index contributed by atoms with van der Waals surface area (Å²) in [6.45, 7) is 13.5. The third kappa shape index (κ3) is 4.46. The molecule has 3 aliphatic rings. The SMILES string of the molecule is CCn1cc(S(=O)(=O)N2CCC3(CC2)C[C@H](N2CCN(C(C)C)CC2)CCO3)cn1. The van der Waals surface area contributed by atoms with Gasteiger partial charge in [-0.25, -0.2) is 8.42 Å². The molecule has 0 amide bonds. The van der Waals surface area contributed by atoms with E-state index in [1.807, 2.05) is 6.92 Å². The third-order valence-corrected chi connectivity index (χ3v) is 9.12. The van der Waals surface area contributed by atoms with Gasteiger partial charge in [0.1, 0.15) is 4.90 Å². The van der Waals surface area contributed by atoms with Crippen LogP contribution in [0.2, 0.25) is 0 Å². The minimum Gasteiger partial charge on any atom is -0.375 e. The van der Waals surface area contributed by atoms with Gasteiger partial charge in [0, 0.05) is 70.7 Å². The van der Waals surface area contributed by atoms with Crippen LogP contribution < -0.4 is 0 Å². The molecular weight excluding hydrogens is 402 g/mol. The van der Waals surface area contributed by atoms with Crippen LogP contribution in [0.4, 0.5) is 0 Å². The van der Waals surface area contributed by atoms with Crippen molar-refractivity contribution in [3.63, 3.8) is 0 Å². The lowest BCUT2D eigenvalue weighted by atomic mass is 9.82. The molecule has 0 bridgehead atoms. The summed E-state index contributed by atoms with van der Waals surface area (Å²) in [6, 6.07) is 1.17. The highest BCUT2D eigenvalue weighted by atomic mass is 32.2. The molecule has 0 N–H and O–H groups in total. The first kappa shape index (κ1) is 22.2. The van der Waals surface area contributed by atoms with E-state index in [2.05, 4.69) is 28.7 Å². The Kier molecular flexibility index (Phi) is 6.56. The molecule has 9 heteroatoms. The van der Waals surface area contributed by atoms with Crippen LogP contribution in [-0.2, 0) is 21.3 Å². The highest BCUT2D eigenvalue weighted by Crippen LogP contribution is 2.38. The summed E-state index contributed by atoms with van der Waals surface area (Å²) in [6.07, 6.45) is 6.75. The Hall–Kier alpha value is -1.00. The molecule has 3 aliphatic heterocycles. The van der Waals surface area contributed by atoms with E-state index in [9.17, 15) is 8.42 Å². The third-order valence-electron chi connectivity index (χ3n) is 7.27. The highest BCUT2D eigenvalue weighted by Gasteiger charge is 2.44. The number of aromatic nitrogens is 2. The standard InChI is InChI=1S/C21H37N5O3S/c1-4-25-17-20(16-22-25)30(27,28)26-8-6-21(7-9-26)15-19(5-14-29-21)24-12-10-23(11-13-24)18(2)3/h16-19H,4-15H2,1-3H3/t19-/m1/s1. The topological polar surface area (TPSA) is 70.9 Å². The summed E-state index contributed by atoms with van der Waals surface area (Å²) in [5.74, 6) is 0. The van der Waals surface area contributed by atoms with Gasteiger partial charge < -0.3 is 4.74 Å². The fraction of sp³-hybridized carbons (Fsp3) is 0.857. The second-order valence-electron chi connectivity index (χ2n) is 9.28. The lowest BCUT2D eigenvalue weighted by Gasteiger charge is -2.49. The van der Waals surface area contributed by atoms with E-state index in [0.29, 0.717) is 36.6 Å². The molecule has 1 spiro atoms. The molecule has 8 nitrogen and oxygen atoms in total. The molecule has 170 valence electrons. The summed E-state index contributed by atoms with van der Waals surface area (Å²) in [7, 11) is -3.48. The van der Waals surface area contributed by atoms with Gasteiger partial charge in [-0.1, -0.05) is 0 Å². The maximum absolute atomic E-state index is 13.0. The first-order valence-corrected chi connectivity index (χ1v) is 12.9. The van der Waals surface area contributed by atoms with E-state index in [1.165, 1.54) is 6.20 Å². The van der Waals surface area contributed by atoms with Crippen molar-refractivity contribution in [1.82, 2.24) is 23.9 Å². The van der Waals surface area contributed by atoms with Crippen LogP contribution in [0.1, 0.15) is 46.5 Å². The Labute approximate surface area is 181 Å². The zero-order chi connectivity index (χ0) is 21.4. The summed E-state index contributed by atoms with van der Waals surface area (Å²) in [5.41, 5.74) is -0.169.